The summed E-state index contributed by atoms with van der Waals surface area (Å²) in [7, 11) is 3.33. The van der Waals surface area contributed by atoms with Crippen molar-refractivity contribution in [2.75, 3.05) is 47.0 Å². The molecule has 2 atom stereocenters. The molecule has 6 heteroatoms. The van der Waals surface area contributed by atoms with Gasteiger partial charge in [0.1, 0.15) is 11.6 Å². The second-order valence-electron chi connectivity index (χ2n) is 7.53. The molecule has 2 N–H and O–H groups in total. The molecule has 0 saturated carbocycles. The van der Waals surface area contributed by atoms with Crippen LogP contribution in [0, 0.1) is 17.7 Å². The van der Waals surface area contributed by atoms with Crippen LogP contribution >= 0.6 is 0 Å². The quantitative estimate of drug-likeness (QED) is 0.694. The van der Waals surface area contributed by atoms with Gasteiger partial charge in [0, 0.05) is 44.4 Å². The topological polar surface area (TPSA) is 45.8 Å². The summed E-state index contributed by atoms with van der Waals surface area (Å²) >= 11 is 0. The molecule has 0 aliphatic carbocycles. The second-order valence-corrected chi connectivity index (χ2v) is 7.53. The molecule has 1 aromatic carbocycles. The molecule has 2 heterocycles. The Morgan fingerprint density at radius 2 is 2.04 bits per heavy atom. The Hall–Kier alpha value is -1.21. The van der Waals surface area contributed by atoms with E-state index in [9.17, 15) is 4.39 Å². The molecule has 0 aromatic heterocycles. The van der Waals surface area contributed by atoms with E-state index in [4.69, 9.17) is 9.47 Å². The molecule has 2 unspecified atom stereocenters. The van der Waals surface area contributed by atoms with Gasteiger partial charge in [-0.2, -0.15) is 0 Å². The van der Waals surface area contributed by atoms with Crippen molar-refractivity contribution in [2.45, 2.75) is 31.7 Å². The summed E-state index contributed by atoms with van der Waals surface area (Å²) in [4.78, 5) is 2.54. The van der Waals surface area contributed by atoms with Gasteiger partial charge >= 0.3 is 0 Å². The number of ether oxygens (including phenoxy) is 2. The molecule has 2 aliphatic heterocycles. The molecular weight excluding hydrogens is 333 g/mol. The lowest BCUT2D eigenvalue weighted by Gasteiger charge is -2.34. The minimum atomic E-state index is -0.201. The van der Waals surface area contributed by atoms with Crippen LogP contribution in [0.25, 0.3) is 0 Å². The monoisotopic (exact) mass is 365 g/mol. The smallest absolute Gasteiger partial charge is 0.131 e. The summed E-state index contributed by atoms with van der Waals surface area (Å²) in [6, 6.07) is 5.15. The number of hydrogen-bond donors (Lipinski definition) is 2. The Labute approximate surface area is 156 Å². The van der Waals surface area contributed by atoms with E-state index in [0.29, 0.717) is 11.7 Å². The summed E-state index contributed by atoms with van der Waals surface area (Å²) in [6.45, 7) is 5.03. The third-order valence-corrected chi connectivity index (χ3v) is 5.80. The Bertz CT molecular complexity index is 564. The zero-order chi connectivity index (χ0) is 18.4. The molecule has 3 rings (SSSR count). The van der Waals surface area contributed by atoms with Gasteiger partial charge in [-0.3, -0.25) is 5.43 Å². The maximum atomic E-state index is 14.5. The van der Waals surface area contributed by atoms with Crippen molar-refractivity contribution in [3.05, 3.63) is 29.6 Å². The lowest BCUT2D eigenvalue weighted by atomic mass is 9.90. The molecule has 2 fully saturated rings. The number of nitrogens with one attached hydrogen (secondary N) is 2. The van der Waals surface area contributed by atoms with E-state index in [0.717, 1.165) is 50.7 Å². The first-order valence-corrected chi connectivity index (χ1v) is 9.74. The third-order valence-electron chi connectivity index (χ3n) is 5.80. The number of likely N-dealkylation sites (tertiary alicyclic amines) is 1. The van der Waals surface area contributed by atoms with Crippen molar-refractivity contribution in [1.29, 1.82) is 0 Å². The second kappa shape index (κ2) is 9.65. The average Bonchev–Trinajstić information content (AvgIpc) is 3.11. The number of nitrogens with zero attached hydrogens (tertiary/aromatic N) is 1. The van der Waals surface area contributed by atoms with Gasteiger partial charge in [-0.05, 0) is 50.8 Å². The van der Waals surface area contributed by atoms with E-state index in [1.54, 1.807) is 14.2 Å². The lowest BCUT2D eigenvalue weighted by Crippen LogP contribution is -2.39. The van der Waals surface area contributed by atoms with Crippen molar-refractivity contribution in [1.82, 2.24) is 15.8 Å². The molecule has 1 aromatic rings. The maximum Gasteiger partial charge on any atom is 0.131 e. The number of methoxy groups -OCH3 is 2. The normalized spacial score (nSPS) is 24.9. The summed E-state index contributed by atoms with van der Waals surface area (Å²) < 4.78 is 24.7. The van der Waals surface area contributed by atoms with Crippen LogP contribution in [0.2, 0.25) is 0 Å². The predicted octanol–water partition coefficient (Wildman–Crippen LogP) is 2.74. The fourth-order valence-electron chi connectivity index (χ4n) is 4.23. The van der Waals surface area contributed by atoms with Crippen molar-refractivity contribution in [3.8, 4) is 5.75 Å². The number of piperidine rings is 1. The van der Waals surface area contributed by atoms with Crippen LogP contribution in [-0.4, -0.2) is 51.9 Å². The Balaban J connectivity index is 1.52. The van der Waals surface area contributed by atoms with Crippen LogP contribution in [-0.2, 0) is 4.74 Å². The molecular formula is C20H32FN3O2. The lowest BCUT2D eigenvalue weighted by molar-refractivity contribution is 0.141. The molecule has 0 radical (unpaired) electrons. The molecule has 0 bridgehead atoms. The number of hydrazine groups is 1. The highest BCUT2D eigenvalue weighted by Crippen LogP contribution is 2.31. The summed E-state index contributed by atoms with van der Waals surface area (Å²) in [6.07, 6.45) is 4.96. The summed E-state index contributed by atoms with van der Waals surface area (Å²) in [5.74, 6) is 1.55. The number of rotatable bonds is 8. The first-order valence-electron chi connectivity index (χ1n) is 9.74. The van der Waals surface area contributed by atoms with Gasteiger partial charge in [0.25, 0.3) is 0 Å². The van der Waals surface area contributed by atoms with E-state index < -0.39 is 0 Å². The van der Waals surface area contributed by atoms with Gasteiger partial charge in [-0.15, -0.1) is 0 Å². The van der Waals surface area contributed by atoms with Gasteiger partial charge in [0.05, 0.1) is 13.2 Å². The van der Waals surface area contributed by atoms with Crippen LogP contribution in [0.3, 0.4) is 0 Å². The summed E-state index contributed by atoms with van der Waals surface area (Å²) in [5, 5.41) is 0. The van der Waals surface area contributed by atoms with Crippen molar-refractivity contribution in [2.24, 2.45) is 11.8 Å². The predicted molar refractivity (Wildman–Crippen MR) is 101 cm³/mol. The standard InChI is InChI=1S/C20H32FN3O2/c1-25-11-3-4-15-7-9-24(10-8-15)14-16-13-22-23-20(16)18-6-5-17(26-2)12-19(18)21/h5-6,12,15-16,20,22-23H,3-4,7-11,13-14H2,1-2H3. The van der Waals surface area contributed by atoms with Gasteiger partial charge in [0.2, 0.25) is 0 Å². The Kier molecular flexibility index (Phi) is 7.25. The molecule has 26 heavy (non-hydrogen) atoms. The van der Waals surface area contributed by atoms with E-state index >= 15 is 0 Å². The number of halogens is 1. The first kappa shape index (κ1) is 19.5. The molecule has 0 spiro atoms. The number of benzene rings is 1. The van der Waals surface area contributed by atoms with Crippen molar-refractivity contribution in [3.63, 3.8) is 0 Å². The highest BCUT2D eigenvalue weighted by molar-refractivity contribution is 5.31. The van der Waals surface area contributed by atoms with E-state index in [-0.39, 0.29) is 11.9 Å². The van der Waals surface area contributed by atoms with Crippen LogP contribution in [0.5, 0.6) is 5.75 Å². The van der Waals surface area contributed by atoms with Gasteiger partial charge < -0.3 is 14.4 Å². The fourth-order valence-corrected chi connectivity index (χ4v) is 4.23. The van der Waals surface area contributed by atoms with Crippen molar-refractivity contribution < 1.29 is 13.9 Å². The SMILES string of the molecule is COCCCC1CCN(CC2CNNC2c2ccc(OC)cc2F)CC1. The first-order chi connectivity index (χ1) is 12.7. The van der Waals surface area contributed by atoms with Crippen molar-refractivity contribution >= 4 is 0 Å². The molecule has 146 valence electrons. The molecule has 2 aliphatic rings. The largest absolute Gasteiger partial charge is 0.497 e. The number of hydrogen-bond acceptors (Lipinski definition) is 5. The average molecular weight is 365 g/mol. The zero-order valence-corrected chi connectivity index (χ0v) is 16.0. The minimum absolute atomic E-state index is 0.000308. The molecule has 0 amide bonds. The zero-order valence-electron chi connectivity index (χ0n) is 16.0. The van der Waals surface area contributed by atoms with Gasteiger partial charge in [-0.25, -0.2) is 9.82 Å². The van der Waals surface area contributed by atoms with E-state index in [2.05, 4.69) is 15.8 Å². The van der Waals surface area contributed by atoms with Crippen LogP contribution in [0.1, 0.15) is 37.3 Å². The molecule has 5 nitrogen and oxygen atoms in total. The van der Waals surface area contributed by atoms with Crippen LogP contribution in [0.4, 0.5) is 4.39 Å². The van der Waals surface area contributed by atoms with Gasteiger partial charge in [0.15, 0.2) is 0 Å². The third kappa shape index (κ3) is 4.94. The molecule has 2 saturated heterocycles. The van der Waals surface area contributed by atoms with E-state index in [1.807, 2.05) is 12.1 Å². The van der Waals surface area contributed by atoms with Gasteiger partial charge in [-0.1, -0.05) is 6.07 Å². The fraction of sp³-hybridized carbons (Fsp3) is 0.700. The van der Waals surface area contributed by atoms with Crippen LogP contribution in [0.15, 0.2) is 18.2 Å². The minimum Gasteiger partial charge on any atom is -0.497 e. The Morgan fingerprint density at radius 3 is 2.73 bits per heavy atom. The highest BCUT2D eigenvalue weighted by Gasteiger charge is 2.32. The maximum absolute atomic E-state index is 14.5. The highest BCUT2D eigenvalue weighted by atomic mass is 19.1. The summed E-state index contributed by atoms with van der Waals surface area (Å²) in [5.41, 5.74) is 7.20. The van der Waals surface area contributed by atoms with Crippen LogP contribution < -0.4 is 15.6 Å². The Morgan fingerprint density at radius 1 is 1.23 bits per heavy atom. The van der Waals surface area contributed by atoms with E-state index in [1.165, 1.54) is 25.3 Å².